The first-order valence-electron chi connectivity index (χ1n) is 9.71. The lowest BCUT2D eigenvalue weighted by Crippen LogP contribution is -2.49. The van der Waals surface area contributed by atoms with Crippen molar-refractivity contribution < 1.29 is 14.6 Å². The Bertz CT molecular complexity index is 885. The topological polar surface area (TPSA) is 61.0 Å². The van der Waals surface area contributed by atoms with Crippen LogP contribution in [0.5, 0.6) is 11.5 Å². The van der Waals surface area contributed by atoms with Gasteiger partial charge >= 0.3 is 0 Å². The Morgan fingerprint density at radius 3 is 2.50 bits per heavy atom. The van der Waals surface area contributed by atoms with Crippen LogP contribution >= 0.6 is 0 Å². The van der Waals surface area contributed by atoms with E-state index < -0.39 is 6.10 Å². The van der Waals surface area contributed by atoms with Crippen molar-refractivity contribution in [2.45, 2.75) is 6.10 Å². The largest absolute Gasteiger partial charge is 0.497 e. The Balaban J connectivity index is 1.25. The summed E-state index contributed by atoms with van der Waals surface area (Å²) in [7, 11) is 1.64. The number of hydrogen-bond donors (Lipinski definition) is 2. The maximum absolute atomic E-state index is 10.4. The fourth-order valence-corrected chi connectivity index (χ4v) is 3.73. The van der Waals surface area contributed by atoms with Crippen LogP contribution in [0.4, 0.5) is 5.69 Å². The van der Waals surface area contributed by atoms with E-state index in [9.17, 15) is 5.11 Å². The van der Waals surface area contributed by atoms with Gasteiger partial charge in [-0.2, -0.15) is 0 Å². The summed E-state index contributed by atoms with van der Waals surface area (Å²) >= 11 is 0. The molecule has 0 spiro atoms. The van der Waals surface area contributed by atoms with Crippen LogP contribution in [0.15, 0.2) is 54.7 Å². The van der Waals surface area contributed by atoms with Crippen molar-refractivity contribution in [2.75, 3.05) is 51.3 Å². The molecule has 1 aliphatic heterocycles. The number of nitrogens with one attached hydrogen (secondary N) is 1. The SMILES string of the molecule is COc1ccc(OCC(O)CN2CCN(c3cccc4[nH]ccc34)CC2)cc1. The number of fused-ring (bicyclic) bond motifs is 1. The summed E-state index contributed by atoms with van der Waals surface area (Å²) < 4.78 is 10.8. The minimum absolute atomic E-state index is 0.287. The highest BCUT2D eigenvalue weighted by molar-refractivity contribution is 5.92. The number of ether oxygens (including phenoxy) is 2. The van der Waals surface area contributed by atoms with E-state index in [1.54, 1.807) is 7.11 Å². The molecule has 0 amide bonds. The number of methoxy groups -OCH3 is 1. The Kier molecular flexibility index (Phi) is 5.69. The quantitative estimate of drug-likeness (QED) is 0.659. The molecule has 1 unspecified atom stereocenters. The number of aromatic amines is 1. The molecule has 1 saturated heterocycles. The van der Waals surface area contributed by atoms with Crippen molar-refractivity contribution in [1.82, 2.24) is 9.88 Å². The van der Waals surface area contributed by atoms with Gasteiger partial charge in [-0.1, -0.05) is 6.07 Å². The fourth-order valence-electron chi connectivity index (χ4n) is 3.73. The van der Waals surface area contributed by atoms with E-state index in [0.717, 1.165) is 37.7 Å². The molecule has 0 bridgehead atoms. The lowest BCUT2D eigenvalue weighted by Gasteiger charge is -2.37. The van der Waals surface area contributed by atoms with Crippen molar-refractivity contribution >= 4 is 16.6 Å². The van der Waals surface area contributed by atoms with Gasteiger partial charge in [-0.15, -0.1) is 0 Å². The average Bonchev–Trinajstić information content (AvgIpc) is 3.22. The number of anilines is 1. The highest BCUT2D eigenvalue weighted by Crippen LogP contribution is 2.27. The van der Waals surface area contributed by atoms with Gasteiger partial charge in [0.15, 0.2) is 0 Å². The molecule has 1 atom stereocenters. The monoisotopic (exact) mass is 381 g/mol. The van der Waals surface area contributed by atoms with Gasteiger partial charge in [-0.05, 0) is 42.5 Å². The lowest BCUT2D eigenvalue weighted by atomic mass is 10.1. The average molecular weight is 381 g/mol. The second kappa shape index (κ2) is 8.54. The summed E-state index contributed by atoms with van der Waals surface area (Å²) in [5.41, 5.74) is 2.45. The van der Waals surface area contributed by atoms with Crippen LogP contribution in [0.2, 0.25) is 0 Å². The molecule has 1 aliphatic rings. The van der Waals surface area contributed by atoms with Crippen LogP contribution < -0.4 is 14.4 Å². The van der Waals surface area contributed by atoms with Gasteiger partial charge in [0.2, 0.25) is 0 Å². The number of aromatic nitrogens is 1. The van der Waals surface area contributed by atoms with Crippen molar-refractivity contribution in [3.63, 3.8) is 0 Å². The number of β-amino-alcohol motifs (C(OH)–C–C–N with tert-alkyl or cyclic N) is 1. The van der Waals surface area contributed by atoms with Crippen molar-refractivity contribution in [3.05, 3.63) is 54.7 Å². The number of nitrogens with zero attached hydrogens (tertiary/aromatic N) is 2. The van der Waals surface area contributed by atoms with E-state index in [-0.39, 0.29) is 6.61 Å². The summed E-state index contributed by atoms with van der Waals surface area (Å²) in [6.07, 6.45) is 1.48. The van der Waals surface area contributed by atoms with Gasteiger partial charge in [0.05, 0.1) is 7.11 Å². The molecule has 6 heteroatoms. The molecule has 2 aromatic carbocycles. The number of rotatable bonds is 7. The molecule has 0 aliphatic carbocycles. The normalized spacial score (nSPS) is 16.3. The highest BCUT2D eigenvalue weighted by atomic mass is 16.5. The minimum Gasteiger partial charge on any atom is -0.497 e. The third-order valence-electron chi connectivity index (χ3n) is 5.26. The zero-order valence-electron chi connectivity index (χ0n) is 16.2. The molecule has 4 rings (SSSR count). The molecule has 148 valence electrons. The van der Waals surface area contributed by atoms with E-state index in [4.69, 9.17) is 9.47 Å². The zero-order chi connectivity index (χ0) is 19.3. The van der Waals surface area contributed by atoms with Crippen LogP contribution in [0, 0.1) is 0 Å². The van der Waals surface area contributed by atoms with Crippen molar-refractivity contribution in [1.29, 1.82) is 0 Å². The van der Waals surface area contributed by atoms with Crippen molar-refractivity contribution in [3.8, 4) is 11.5 Å². The molecule has 2 N–H and O–H groups in total. The summed E-state index contributed by atoms with van der Waals surface area (Å²) in [5, 5.41) is 11.6. The Hall–Kier alpha value is -2.70. The third-order valence-corrected chi connectivity index (χ3v) is 5.26. The standard InChI is InChI=1S/C22H27N3O3/c1-27-18-5-7-19(8-6-18)28-16-17(26)15-24-11-13-25(14-12-24)22-4-2-3-21-20(22)9-10-23-21/h2-10,17,23,26H,11-16H2,1H3. The maximum Gasteiger partial charge on any atom is 0.119 e. The third kappa shape index (κ3) is 4.24. The molecule has 0 radical (unpaired) electrons. The van der Waals surface area contributed by atoms with Gasteiger partial charge in [-0.25, -0.2) is 0 Å². The highest BCUT2D eigenvalue weighted by Gasteiger charge is 2.21. The first-order valence-corrected chi connectivity index (χ1v) is 9.71. The molecule has 28 heavy (non-hydrogen) atoms. The number of H-pyrrole nitrogens is 1. The number of aliphatic hydroxyl groups is 1. The Morgan fingerprint density at radius 1 is 1.00 bits per heavy atom. The van der Waals surface area contributed by atoms with Crippen LogP contribution in [0.25, 0.3) is 10.9 Å². The van der Waals surface area contributed by atoms with E-state index in [1.807, 2.05) is 30.5 Å². The van der Waals surface area contributed by atoms with Crippen LogP contribution in [0.3, 0.4) is 0 Å². The first-order chi connectivity index (χ1) is 13.7. The van der Waals surface area contributed by atoms with Gasteiger partial charge in [0.1, 0.15) is 24.2 Å². The molecule has 1 fully saturated rings. The fraction of sp³-hybridized carbons (Fsp3) is 0.364. The number of benzene rings is 2. The molecular weight excluding hydrogens is 354 g/mol. The van der Waals surface area contributed by atoms with E-state index in [1.165, 1.54) is 16.6 Å². The van der Waals surface area contributed by atoms with E-state index >= 15 is 0 Å². The van der Waals surface area contributed by atoms with Crippen molar-refractivity contribution in [2.24, 2.45) is 0 Å². The van der Waals surface area contributed by atoms with E-state index in [2.05, 4.69) is 39.0 Å². The molecule has 6 nitrogen and oxygen atoms in total. The number of piperazine rings is 1. The lowest BCUT2D eigenvalue weighted by molar-refractivity contribution is 0.0663. The predicted molar refractivity (Wildman–Crippen MR) is 111 cm³/mol. The van der Waals surface area contributed by atoms with Gasteiger partial charge < -0.3 is 24.5 Å². The molecule has 2 heterocycles. The summed E-state index contributed by atoms with van der Waals surface area (Å²) in [6.45, 7) is 4.68. The molecular formula is C22H27N3O3. The minimum atomic E-state index is -0.512. The van der Waals surface area contributed by atoms with Crippen LogP contribution in [0.1, 0.15) is 0 Å². The second-order valence-corrected chi connectivity index (χ2v) is 7.14. The molecule has 3 aromatic rings. The van der Waals surface area contributed by atoms with Gasteiger partial charge in [-0.3, -0.25) is 4.90 Å². The summed E-state index contributed by atoms with van der Waals surface area (Å²) in [4.78, 5) is 8.00. The van der Waals surface area contributed by atoms with Crippen LogP contribution in [-0.4, -0.2) is 67.5 Å². The molecule has 0 saturated carbocycles. The molecule has 1 aromatic heterocycles. The predicted octanol–water partition coefficient (Wildman–Crippen LogP) is 2.74. The zero-order valence-corrected chi connectivity index (χ0v) is 16.2. The maximum atomic E-state index is 10.4. The van der Waals surface area contributed by atoms with Gasteiger partial charge in [0.25, 0.3) is 0 Å². The number of aliphatic hydroxyl groups excluding tert-OH is 1. The number of hydrogen-bond acceptors (Lipinski definition) is 5. The smallest absolute Gasteiger partial charge is 0.119 e. The Labute approximate surface area is 165 Å². The first kappa shape index (κ1) is 18.7. The summed E-state index contributed by atoms with van der Waals surface area (Å²) in [6, 6.07) is 15.9. The Morgan fingerprint density at radius 2 is 1.75 bits per heavy atom. The van der Waals surface area contributed by atoms with Crippen LogP contribution in [-0.2, 0) is 0 Å². The summed E-state index contributed by atoms with van der Waals surface area (Å²) in [5.74, 6) is 1.53. The second-order valence-electron chi connectivity index (χ2n) is 7.14. The van der Waals surface area contributed by atoms with E-state index in [0.29, 0.717) is 6.54 Å². The van der Waals surface area contributed by atoms with Gasteiger partial charge in [0, 0.05) is 55.5 Å².